The molecule has 0 radical (unpaired) electrons. The van der Waals surface area contributed by atoms with Gasteiger partial charge in [0.25, 0.3) is 0 Å². The third kappa shape index (κ3) is 2.84. The van der Waals surface area contributed by atoms with E-state index in [4.69, 9.17) is 5.73 Å². The summed E-state index contributed by atoms with van der Waals surface area (Å²) in [6.07, 6.45) is 9.13. The molecule has 2 N–H and O–H groups in total. The van der Waals surface area contributed by atoms with Crippen molar-refractivity contribution >= 4 is 22.1 Å². The molecule has 1 unspecified atom stereocenters. The number of hydrogen-bond acceptors (Lipinski definition) is 2. The Morgan fingerprint density at radius 3 is 2.93 bits per heavy atom. The van der Waals surface area contributed by atoms with Crippen LogP contribution in [0.3, 0.4) is 0 Å². The van der Waals surface area contributed by atoms with Gasteiger partial charge in [0, 0.05) is 24.9 Å². The number of nitrogens with two attached hydrogens (primary N) is 1. The maximum Gasteiger partial charge on any atom is 0.0547 e. The summed E-state index contributed by atoms with van der Waals surface area (Å²) < 4.78 is 0.877. The van der Waals surface area contributed by atoms with Gasteiger partial charge in [-0.2, -0.15) is 0 Å². The lowest BCUT2D eigenvalue weighted by Gasteiger charge is -2.15. The van der Waals surface area contributed by atoms with E-state index in [1.807, 2.05) is 0 Å². The van der Waals surface area contributed by atoms with Crippen molar-refractivity contribution in [3.05, 3.63) is 34.0 Å². The quantitative estimate of drug-likeness (QED) is 0.757. The maximum absolute atomic E-state index is 5.98. The van der Waals surface area contributed by atoms with Gasteiger partial charge in [-0.3, -0.25) is 4.99 Å². The summed E-state index contributed by atoms with van der Waals surface area (Å²) in [5, 5.41) is 0. The third-order valence-corrected chi connectivity index (χ3v) is 2.87. The Morgan fingerprint density at radius 1 is 1.71 bits per heavy atom. The molecule has 0 heterocycles. The summed E-state index contributed by atoms with van der Waals surface area (Å²) in [6.45, 7) is 2.09. The minimum Gasteiger partial charge on any atom is -0.401 e. The largest absolute Gasteiger partial charge is 0.401 e. The number of rotatable bonds is 2. The zero-order valence-corrected chi connectivity index (χ0v) is 10.1. The van der Waals surface area contributed by atoms with E-state index in [0.29, 0.717) is 5.92 Å². The first-order valence-corrected chi connectivity index (χ1v) is 5.36. The smallest absolute Gasteiger partial charge is 0.0547 e. The second kappa shape index (κ2) is 5.15. The maximum atomic E-state index is 5.98. The molecule has 14 heavy (non-hydrogen) atoms. The van der Waals surface area contributed by atoms with Crippen LogP contribution in [-0.2, 0) is 0 Å². The first-order chi connectivity index (χ1) is 6.65. The van der Waals surface area contributed by atoms with E-state index < -0.39 is 0 Å². The van der Waals surface area contributed by atoms with Gasteiger partial charge in [-0.05, 0) is 29.3 Å². The van der Waals surface area contributed by atoms with Crippen molar-refractivity contribution in [3.8, 4) is 0 Å². The number of hydrogen-bond donors (Lipinski definition) is 1. The summed E-state index contributed by atoms with van der Waals surface area (Å²) in [5.41, 5.74) is 8.13. The van der Waals surface area contributed by atoms with Crippen LogP contribution in [-0.4, -0.2) is 13.3 Å². The number of aliphatic imine (C=N–C) groups is 1. The fourth-order valence-electron chi connectivity index (χ4n) is 1.32. The molecule has 1 atom stereocenters. The first-order valence-electron chi connectivity index (χ1n) is 4.57. The van der Waals surface area contributed by atoms with E-state index >= 15 is 0 Å². The first kappa shape index (κ1) is 11.2. The third-order valence-electron chi connectivity index (χ3n) is 2.20. The SMILES string of the molecule is CN=CC(Br)=C(N)C1C=CC(C)=CC1. The Balaban J connectivity index is 2.77. The van der Waals surface area contributed by atoms with Crippen LogP contribution in [0.5, 0.6) is 0 Å². The fourth-order valence-corrected chi connectivity index (χ4v) is 1.82. The van der Waals surface area contributed by atoms with E-state index in [-0.39, 0.29) is 0 Å². The number of nitrogens with zero attached hydrogens (tertiary/aromatic N) is 1. The fraction of sp³-hybridized carbons (Fsp3) is 0.364. The van der Waals surface area contributed by atoms with Crippen molar-refractivity contribution in [1.82, 2.24) is 0 Å². The molecular weight excluding hydrogens is 240 g/mol. The zero-order chi connectivity index (χ0) is 10.6. The van der Waals surface area contributed by atoms with E-state index in [2.05, 4.69) is 46.1 Å². The summed E-state index contributed by atoms with van der Waals surface area (Å²) in [4.78, 5) is 3.92. The summed E-state index contributed by atoms with van der Waals surface area (Å²) >= 11 is 3.40. The molecule has 0 fully saturated rings. The minimum absolute atomic E-state index is 0.297. The van der Waals surface area contributed by atoms with Crippen LogP contribution in [0.15, 0.2) is 39.0 Å². The second-order valence-corrected chi connectivity index (χ2v) is 4.19. The van der Waals surface area contributed by atoms with Gasteiger partial charge in [0.05, 0.1) is 4.48 Å². The molecule has 1 aliphatic carbocycles. The van der Waals surface area contributed by atoms with Crippen molar-refractivity contribution in [2.24, 2.45) is 16.6 Å². The predicted octanol–water partition coefficient (Wildman–Crippen LogP) is 2.77. The van der Waals surface area contributed by atoms with Crippen LogP contribution in [0.25, 0.3) is 0 Å². The molecule has 0 saturated carbocycles. The van der Waals surface area contributed by atoms with Gasteiger partial charge < -0.3 is 5.73 Å². The van der Waals surface area contributed by atoms with Gasteiger partial charge in [0.15, 0.2) is 0 Å². The van der Waals surface area contributed by atoms with Crippen LogP contribution >= 0.6 is 15.9 Å². The average Bonchev–Trinajstić information content (AvgIpc) is 2.18. The van der Waals surface area contributed by atoms with Crippen LogP contribution < -0.4 is 5.73 Å². The minimum atomic E-state index is 0.297. The molecule has 0 aliphatic heterocycles. The Labute approximate surface area is 93.4 Å². The number of allylic oxidation sites excluding steroid dienone is 5. The molecule has 0 spiro atoms. The van der Waals surface area contributed by atoms with Gasteiger partial charge in [-0.25, -0.2) is 0 Å². The van der Waals surface area contributed by atoms with Crippen LogP contribution in [0.4, 0.5) is 0 Å². The zero-order valence-electron chi connectivity index (χ0n) is 8.50. The molecule has 0 aromatic heterocycles. The Morgan fingerprint density at radius 2 is 2.43 bits per heavy atom. The van der Waals surface area contributed by atoms with Gasteiger partial charge >= 0.3 is 0 Å². The molecule has 76 valence electrons. The van der Waals surface area contributed by atoms with E-state index in [9.17, 15) is 0 Å². The van der Waals surface area contributed by atoms with Gasteiger partial charge in [0.1, 0.15) is 0 Å². The molecular formula is C11H15BrN2. The van der Waals surface area contributed by atoms with Crippen molar-refractivity contribution < 1.29 is 0 Å². The van der Waals surface area contributed by atoms with Crippen LogP contribution in [0.2, 0.25) is 0 Å². The second-order valence-electron chi connectivity index (χ2n) is 3.34. The highest BCUT2D eigenvalue weighted by Gasteiger charge is 2.12. The predicted molar refractivity (Wildman–Crippen MR) is 65.6 cm³/mol. The molecule has 1 aliphatic rings. The van der Waals surface area contributed by atoms with Crippen molar-refractivity contribution in [2.45, 2.75) is 13.3 Å². The van der Waals surface area contributed by atoms with Gasteiger partial charge in [0.2, 0.25) is 0 Å². The lowest BCUT2D eigenvalue weighted by molar-refractivity contribution is 0.750. The van der Waals surface area contributed by atoms with Gasteiger partial charge in [-0.15, -0.1) is 0 Å². The van der Waals surface area contributed by atoms with E-state index in [0.717, 1.165) is 16.6 Å². The summed E-state index contributed by atoms with van der Waals surface area (Å²) in [7, 11) is 1.73. The lowest BCUT2D eigenvalue weighted by atomic mass is 9.94. The van der Waals surface area contributed by atoms with Crippen molar-refractivity contribution in [3.63, 3.8) is 0 Å². The summed E-state index contributed by atoms with van der Waals surface area (Å²) in [6, 6.07) is 0. The normalized spacial score (nSPS) is 23.6. The Bertz CT molecular complexity index is 324. The highest BCUT2D eigenvalue weighted by molar-refractivity contribution is 9.12. The standard InChI is InChI=1S/C11H15BrN2/c1-8-3-5-9(6-4-8)11(13)10(12)7-14-2/h3-5,7,9H,6,13H2,1-2H3. The van der Waals surface area contributed by atoms with Crippen molar-refractivity contribution in [2.75, 3.05) is 7.05 Å². The topological polar surface area (TPSA) is 38.4 Å². The van der Waals surface area contributed by atoms with Crippen molar-refractivity contribution in [1.29, 1.82) is 0 Å². The van der Waals surface area contributed by atoms with Gasteiger partial charge in [-0.1, -0.05) is 23.8 Å². The van der Waals surface area contributed by atoms with E-state index in [1.54, 1.807) is 13.3 Å². The summed E-state index contributed by atoms with van der Waals surface area (Å²) in [5.74, 6) is 0.297. The Hall–Kier alpha value is -0.830. The van der Waals surface area contributed by atoms with Crippen LogP contribution in [0, 0.1) is 5.92 Å². The highest BCUT2D eigenvalue weighted by Crippen LogP contribution is 2.23. The van der Waals surface area contributed by atoms with Crippen LogP contribution in [0.1, 0.15) is 13.3 Å². The number of halogens is 1. The Kier molecular flexibility index (Phi) is 4.14. The monoisotopic (exact) mass is 254 g/mol. The molecule has 0 aromatic carbocycles. The molecule has 0 amide bonds. The van der Waals surface area contributed by atoms with E-state index in [1.165, 1.54) is 5.57 Å². The molecule has 3 heteroatoms. The molecule has 0 aromatic rings. The molecule has 0 bridgehead atoms. The average molecular weight is 255 g/mol. The highest BCUT2D eigenvalue weighted by atomic mass is 79.9. The molecule has 1 rings (SSSR count). The lowest BCUT2D eigenvalue weighted by Crippen LogP contribution is -2.13. The molecule has 0 saturated heterocycles. The molecule has 2 nitrogen and oxygen atoms in total.